The van der Waals surface area contributed by atoms with Gasteiger partial charge in [-0.2, -0.15) is 0 Å². The van der Waals surface area contributed by atoms with Crippen LogP contribution < -0.4 is 5.73 Å². The number of imide groups is 1. The Morgan fingerprint density at radius 2 is 0.657 bits per heavy atom. The highest BCUT2D eigenvalue weighted by molar-refractivity contribution is 8.05. The maximum atomic E-state index is 12.5. The highest BCUT2D eigenvalue weighted by Crippen LogP contribution is 2.24. The molecular weight excluding hydrogens is 845 g/mol. The van der Waals surface area contributed by atoms with Crippen LogP contribution in [0.1, 0.15) is 6.42 Å². The van der Waals surface area contributed by atoms with Crippen molar-refractivity contribution >= 4 is 23.6 Å². The van der Waals surface area contributed by atoms with Gasteiger partial charge in [0.25, 0.3) is 0 Å². The highest BCUT2D eigenvalue weighted by atomic mass is 32.2. The van der Waals surface area contributed by atoms with Gasteiger partial charge in [0, 0.05) is 202 Å². The van der Waals surface area contributed by atoms with Gasteiger partial charge in [0.05, 0.1) is 33.0 Å². The van der Waals surface area contributed by atoms with Gasteiger partial charge in [-0.25, -0.2) is 0 Å². The molecule has 1 unspecified atom stereocenters. The molecule has 0 radical (unpaired) electrons. The number of amides is 2. The Hall–Kier alpha value is -11.6. The van der Waals surface area contributed by atoms with Crippen LogP contribution >= 0.6 is 11.8 Å². The molecule has 7 heteroatoms. The topological polar surface area (TPSA) is 81.9 Å². The number of hydrogen-bond acceptors (Lipinski definition) is 6. The summed E-state index contributed by atoms with van der Waals surface area (Å²) in [7, 11) is 0. The number of carbonyl (C=O) groups is 2. The summed E-state index contributed by atoms with van der Waals surface area (Å²) in [5, 5.41) is 2.13. The average Bonchev–Trinajstić information content (AvgIpc) is 3.60. The van der Waals surface area contributed by atoms with Gasteiger partial charge in [-0.3, -0.25) is 14.5 Å². The molecule has 0 bridgehead atoms. The molecule has 0 aliphatic carbocycles. The van der Waals surface area contributed by atoms with Crippen LogP contribution in [0.3, 0.4) is 0 Å². The molecule has 0 saturated carbocycles. The van der Waals surface area contributed by atoms with E-state index in [1.54, 1.807) is 0 Å². The fourth-order valence-corrected chi connectivity index (χ4v) is 3.82. The first-order chi connectivity index (χ1) is 33.2. The lowest BCUT2D eigenvalue weighted by atomic mass is 10.4. The van der Waals surface area contributed by atoms with Crippen molar-refractivity contribution in [3.63, 3.8) is 0 Å². The molecule has 1 saturated heterocycles. The van der Waals surface area contributed by atoms with Gasteiger partial charge in [0.1, 0.15) is 5.25 Å². The molecule has 1 fully saturated rings. The predicted octanol–water partition coefficient (Wildman–Crippen LogP) is -0.489. The van der Waals surface area contributed by atoms with Crippen molar-refractivity contribution in [1.29, 1.82) is 0 Å². The number of terminal acetylenes is 1. The molecule has 1 aliphatic heterocycles. The lowest BCUT2D eigenvalue weighted by Gasteiger charge is -2.14. The Labute approximate surface area is 398 Å². The van der Waals surface area contributed by atoms with Crippen LogP contribution in [0.25, 0.3) is 0 Å². The van der Waals surface area contributed by atoms with E-state index in [0.29, 0.717) is 26.4 Å². The second kappa shape index (κ2) is 43.9. The molecular formula is C60H18N2O4S. The lowest BCUT2D eigenvalue weighted by molar-refractivity contribution is -0.139. The van der Waals surface area contributed by atoms with E-state index < -0.39 is 5.25 Å². The second-order valence-corrected chi connectivity index (χ2v) is 10.8. The number of hydrogen-bond donors (Lipinski definition) is 1. The molecule has 2 N–H and O–H groups in total. The SMILES string of the molecule is C#CC#CC#CC#CC#CC#CC#CC#CC#CC#CC#CC#CC#CC#CC#CC#CC#CC#CC#CC#CC#CC#CC#CC#CC#CSC1CC(=O)N(CCOCCOCCN)C1=O. The number of thioether (sulfide) groups is 1. The van der Waals surface area contributed by atoms with Gasteiger partial charge in [-0.1, -0.05) is 11.8 Å². The van der Waals surface area contributed by atoms with Crippen LogP contribution in [-0.2, 0) is 19.1 Å². The Morgan fingerprint density at radius 3 is 0.925 bits per heavy atom. The predicted molar refractivity (Wildman–Crippen MR) is 259 cm³/mol. The smallest absolute Gasteiger partial charge is 0.243 e. The van der Waals surface area contributed by atoms with Crippen molar-refractivity contribution in [2.45, 2.75) is 11.7 Å². The maximum Gasteiger partial charge on any atom is 0.243 e. The molecule has 67 heavy (non-hydrogen) atoms. The highest BCUT2D eigenvalue weighted by Gasteiger charge is 2.38. The van der Waals surface area contributed by atoms with E-state index in [-0.39, 0.29) is 31.4 Å². The minimum absolute atomic E-state index is 0.0708. The molecule has 0 aromatic heterocycles. The van der Waals surface area contributed by atoms with Crippen molar-refractivity contribution < 1.29 is 19.1 Å². The summed E-state index contributed by atoms with van der Waals surface area (Å²) in [4.78, 5) is 25.8. The molecule has 2 amide bonds. The molecule has 0 aromatic carbocycles. The third kappa shape index (κ3) is 36.0. The molecule has 0 spiro atoms. The molecule has 6 nitrogen and oxygen atoms in total. The van der Waals surface area contributed by atoms with Crippen LogP contribution in [-0.4, -0.2) is 61.5 Å². The van der Waals surface area contributed by atoms with Gasteiger partial charge in [0.2, 0.25) is 11.8 Å². The fraction of sp³-hybridized carbons (Fsp3) is 0.133. The lowest BCUT2D eigenvalue weighted by Crippen LogP contribution is -2.34. The Bertz CT molecular complexity index is 3670. The summed E-state index contributed by atoms with van der Waals surface area (Å²) < 4.78 is 10.6. The van der Waals surface area contributed by atoms with Gasteiger partial charge in [0.15, 0.2) is 0 Å². The number of carbonyl (C=O) groups excluding carboxylic acids is 2. The summed E-state index contributed by atoms with van der Waals surface area (Å²) in [5.41, 5.74) is 5.34. The molecule has 298 valence electrons. The van der Waals surface area contributed by atoms with Gasteiger partial charge < -0.3 is 15.2 Å². The summed E-state index contributed by atoms with van der Waals surface area (Å²) in [5.74, 6) is 119. The molecule has 1 heterocycles. The Kier molecular flexibility index (Phi) is 35.0. The van der Waals surface area contributed by atoms with Crippen molar-refractivity contribution in [2.75, 3.05) is 39.5 Å². The largest absolute Gasteiger partial charge is 0.378 e. The number of nitrogens with two attached hydrogens (primary N) is 1. The molecule has 1 rings (SSSR count). The van der Waals surface area contributed by atoms with Crippen molar-refractivity contribution in [3.8, 4) is 296 Å². The monoisotopic (exact) mass is 862 g/mol. The number of nitrogens with zero attached hydrogens (tertiary/aromatic N) is 1. The molecule has 1 aliphatic rings. The minimum Gasteiger partial charge on any atom is -0.378 e. The van der Waals surface area contributed by atoms with E-state index in [2.05, 4.69) is 289 Å². The molecule has 0 aromatic rings. The summed E-state index contributed by atoms with van der Waals surface area (Å²) in [6.07, 6.45) is 5.02. The van der Waals surface area contributed by atoms with Crippen molar-refractivity contribution in [3.05, 3.63) is 0 Å². The van der Waals surface area contributed by atoms with E-state index >= 15 is 0 Å². The zero-order valence-electron chi connectivity index (χ0n) is 34.7. The molecule has 1 atom stereocenters. The first kappa shape index (κ1) is 53.4. The third-order valence-corrected chi connectivity index (χ3v) is 6.37. The van der Waals surface area contributed by atoms with Crippen LogP contribution in [0.5, 0.6) is 0 Å². The summed E-state index contributed by atoms with van der Waals surface area (Å²) in [6, 6.07) is 0. The summed E-state index contributed by atoms with van der Waals surface area (Å²) >= 11 is 1.04. The van der Waals surface area contributed by atoms with Crippen molar-refractivity contribution in [1.82, 2.24) is 4.90 Å². The van der Waals surface area contributed by atoms with Gasteiger partial charge in [-0.15, -0.1) is 6.42 Å². The maximum absolute atomic E-state index is 12.5. The van der Waals surface area contributed by atoms with Crippen molar-refractivity contribution in [2.24, 2.45) is 5.73 Å². The normalized spacial score (nSPS) is 8.24. The van der Waals surface area contributed by atoms with E-state index in [1.807, 2.05) is 0 Å². The van der Waals surface area contributed by atoms with Gasteiger partial charge >= 0.3 is 0 Å². The second-order valence-electron chi connectivity index (χ2n) is 9.83. The quantitative estimate of drug-likeness (QED) is 0.192. The first-order valence-electron chi connectivity index (χ1n) is 18.0. The van der Waals surface area contributed by atoms with Crippen LogP contribution in [0.2, 0.25) is 0 Å². The number of likely N-dealkylation sites (tertiary alicyclic amines) is 1. The van der Waals surface area contributed by atoms with Crippen LogP contribution in [0.4, 0.5) is 0 Å². The minimum atomic E-state index is -0.582. The average molecular weight is 863 g/mol. The Balaban J connectivity index is 2.36. The van der Waals surface area contributed by atoms with Gasteiger partial charge in [-0.05, 0) is 100.0 Å². The number of ether oxygens (including phenoxy) is 2. The van der Waals surface area contributed by atoms with E-state index in [1.165, 1.54) is 4.90 Å². The van der Waals surface area contributed by atoms with E-state index in [0.717, 1.165) is 11.8 Å². The van der Waals surface area contributed by atoms with E-state index in [9.17, 15) is 9.59 Å². The van der Waals surface area contributed by atoms with Crippen LogP contribution in [0.15, 0.2) is 0 Å². The van der Waals surface area contributed by atoms with Crippen LogP contribution in [0, 0.1) is 296 Å². The zero-order valence-corrected chi connectivity index (χ0v) is 35.5. The standard InChI is InChI=1S/C60H18N2O4S/c1-2-3-4-5-6-7-8-9-10-11-12-13-14-15-16-17-18-19-20-21-22-23-24-25-26-27-28-29-30-31-32-33-34-35-36-37-38-39-40-41-42-43-44-45-46-47-48-49-56-67-58-57-59(63)62(60(58)64)51-53-66-55-54-65-52-50-61/h1,58H,50-55,57,61H2. The Morgan fingerprint density at radius 1 is 0.403 bits per heavy atom. The van der Waals surface area contributed by atoms with E-state index in [4.69, 9.17) is 21.6 Å². The summed E-state index contributed by atoms with van der Waals surface area (Å²) in [6.45, 7) is 2.03. The number of rotatable bonds is 9. The zero-order chi connectivity index (χ0) is 48.0. The third-order valence-electron chi connectivity index (χ3n) is 5.50. The first-order valence-corrected chi connectivity index (χ1v) is 18.9. The fourth-order valence-electron chi connectivity index (χ4n) is 3.11.